The second-order valence-electron chi connectivity index (χ2n) is 4.92. The van der Waals surface area contributed by atoms with Crippen molar-refractivity contribution >= 4 is 5.97 Å². The first-order valence-electron chi connectivity index (χ1n) is 6.51. The molecule has 3 heteroatoms. The van der Waals surface area contributed by atoms with Crippen molar-refractivity contribution in [1.29, 1.82) is 0 Å². The number of esters is 1. The van der Waals surface area contributed by atoms with E-state index in [-0.39, 0.29) is 12.0 Å². The van der Waals surface area contributed by atoms with Gasteiger partial charge < -0.3 is 10.1 Å². The summed E-state index contributed by atoms with van der Waals surface area (Å²) in [7, 11) is 1.44. The summed E-state index contributed by atoms with van der Waals surface area (Å²) in [6.45, 7) is 4.13. The van der Waals surface area contributed by atoms with Gasteiger partial charge in [-0.2, -0.15) is 0 Å². The van der Waals surface area contributed by atoms with Gasteiger partial charge in [0, 0.05) is 6.04 Å². The van der Waals surface area contributed by atoms with E-state index in [1.54, 1.807) is 0 Å². The van der Waals surface area contributed by atoms with Crippen LogP contribution in [0.1, 0.15) is 52.4 Å². The van der Waals surface area contributed by atoms with Gasteiger partial charge in [-0.3, -0.25) is 4.79 Å². The quantitative estimate of drug-likeness (QED) is 0.733. The topological polar surface area (TPSA) is 38.3 Å². The Hall–Kier alpha value is -0.570. The number of hydrogen-bond donors (Lipinski definition) is 1. The molecule has 0 bridgehead atoms. The van der Waals surface area contributed by atoms with Crippen LogP contribution in [0.4, 0.5) is 0 Å². The Kier molecular flexibility index (Phi) is 5.81. The van der Waals surface area contributed by atoms with Gasteiger partial charge in [0.05, 0.1) is 7.11 Å². The first-order valence-corrected chi connectivity index (χ1v) is 6.51. The average molecular weight is 227 g/mol. The number of hydrogen-bond acceptors (Lipinski definition) is 3. The lowest BCUT2D eigenvalue weighted by Gasteiger charge is -2.30. The van der Waals surface area contributed by atoms with E-state index in [1.807, 2.05) is 6.92 Å². The maximum atomic E-state index is 11.3. The van der Waals surface area contributed by atoms with Crippen LogP contribution in [0.3, 0.4) is 0 Å². The molecule has 1 aliphatic carbocycles. The molecule has 94 valence electrons. The van der Waals surface area contributed by atoms with Gasteiger partial charge in [0.1, 0.15) is 6.04 Å². The van der Waals surface area contributed by atoms with Crippen molar-refractivity contribution < 1.29 is 9.53 Å². The summed E-state index contributed by atoms with van der Waals surface area (Å²) in [6, 6.07) is 0.333. The smallest absolute Gasteiger partial charge is 0.322 e. The molecule has 0 saturated heterocycles. The normalized spacial score (nSPS) is 27.4. The summed E-state index contributed by atoms with van der Waals surface area (Å²) in [6.07, 6.45) is 7.66. The third kappa shape index (κ3) is 4.12. The number of methoxy groups -OCH3 is 1. The first-order chi connectivity index (χ1) is 7.67. The highest BCUT2D eigenvalue weighted by Gasteiger charge is 2.23. The minimum Gasteiger partial charge on any atom is -0.468 e. The summed E-state index contributed by atoms with van der Waals surface area (Å²) in [5.74, 6) is 0.757. The van der Waals surface area contributed by atoms with Crippen molar-refractivity contribution in [3.8, 4) is 0 Å². The Labute approximate surface area is 98.9 Å². The van der Waals surface area contributed by atoms with Gasteiger partial charge in [0.15, 0.2) is 0 Å². The number of carbonyl (C=O) groups is 1. The van der Waals surface area contributed by atoms with Crippen molar-refractivity contribution in [1.82, 2.24) is 5.32 Å². The van der Waals surface area contributed by atoms with Crippen molar-refractivity contribution in [3.05, 3.63) is 0 Å². The van der Waals surface area contributed by atoms with Gasteiger partial charge in [0.25, 0.3) is 0 Å². The van der Waals surface area contributed by atoms with Crippen LogP contribution < -0.4 is 5.32 Å². The van der Waals surface area contributed by atoms with Crippen molar-refractivity contribution in [3.63, 3.8) is 0 Å². The third-order valence-corrected chi connectivity index (χ3v) is 3.58. The average Bonchev–Trinajstić information content (AvgIpc) is 2.31. The molecule has 1 N–H and O–H groups in total. The van der Waals surface area contributed by atoms with Gasteiger partial charge in [-0.25, -0.2) is 0 Å². The van der Waals surface area contributed by atoms with E-state index in [0.717, 1.165) is 5.92 Å². The summed E-state index contributed by atoms with van der Waals surface area (Å²) >= 11 is 0. The summed E-state index contributed by atoms with van der Waals surface area (Å²) < 4.78 is 4.71. The monoisotopic (exact) mass is 227 g/mol. The van der Waals surface area contributed by atoms with Crippen LogP contribution in [0.15, 0.2) is 0 Å². The third-order valence-electron chi connectivity index (χ3n) is 3.58. The standard InChI is InChI=1S/C13H25NO2/c1-4-5-11-6-8-12(9-7-11)14-10(2)13(15)16-3/h10-12,14H,4-9H2,1-3H3. The molecule has 0 aromatic heterocycles. The van der Waals surface area contributed by atoms with Crippen molar-refractivity contribution in [2.24, 2.45) is 5.92 Å². The van der Waals surface area contributed by atoms with E-state index in [1.165, 1.54) is 45.6 Å². The molecule has 0 spiro atoms. The predicted molar refractivity (Wildman–Crippen MR) is 65.3 cm³/mol. The molecule has 0 aromatic carbocycles. The van der Waals surface area contributed by atoms with Gasteiger partial charge in [0.2, 0.25) is 0 Å². The highest BCUT2D eigenvalue weighted by Crippen LogP contribution is 2.27. The Morgan fingerprint density at radius 2 is 2.00 bits per heavy atom. The Bertz CT molecular complexity index is 210. The fraction of sp³-hybridized carbons (Fsp3) is 0.923. The highest BCUT2D eigenvalue weighted by molar-refractivity contribution is 5.75. The first kappa shape index (κ1) is 13.5. The fourth-order valence-corrected chi connectivity index (χ4v) is 2.62. The predicted octanol–water partition coefficient (Wildman–Crippen LogP) is 2.50. The molecular formula is C13H25NO2. The molecule has 3 nitrogen and oxygen atoms in total. The molecule has 1 fully saturated rings. The summed E-state index contributed by atoms with van der Waals surface area (Å²) in [4.78, 5) is 11.3. The molecule has 0 aromatic rings. The van der Waals surface area contributed by atoms with Crippen LogP contribution in [0, 0.1) is 5.92 Å². The molecule has 1 saturated carbocycles. The maximum Gasteiger partial charge on any atom is 0.322 e. The largest absolute Gasteiger partial charge is 0.468 e. The Morgan fingerprint density at radius 3 is 2.50 bits per heavy atom. The second-order valence-corrected chi connectivity index (χ2v) is 4.92. The van der Waals surface area contributed by atoms with Gasteiger partial charge >= 0.3 is 5.97 Å². The Morgan fingerprint density at radius 1 is 1.38 bits per heavy atom. The lowest BCUT2D eigenvalue weighted by Crippen LogP contribution is -2.43. The fourth-order valence-electron chi connectivity index (χ4n) is 2.62. The van der Waals surface area contributed by atoms with Crippen molar-refractivity contribution in [2.75, 3.05) is 7.11 Å². The van der Waals surface area contributed by atoms with E-state index in [9.17, 15) is 4.79 Å². The van der Waals surface area contributed by atoms with E-state index in [0.29, 0.717) is 6.04 Å². The number of nitrogens with one attached hydrogen (secondary N) is 1. The molecular weight excluding hydrogens is 202 g/mol. The molecule has 1 rings (SSSR count). The van der Waals surface area contributed by atoms with Crippen LogP contribution in [0.25, 0.3) is 0 Å². The van der Waals surface area contributed by atoms with Crippen LogP contribution in [0.5, 0.6) is 0 Å². The molecule has 0 aliphatic heterocycles. The minimum atomic E-state index is -0.169. The van der Waals surface area contributed by atoms with Crippen LogP contribution in [-0.2, 0) is 9.53 Å². The molecule has 16 heavy (non-hydrogen) atoms. The lowest BCUT2D eigenvalue weighted by molar-refractivity contribution is -0.142. The SMILES string of the molecule is CCCC1CCC(NC(C)C(=O)OC)CC1. The summed E-state index contributed by atoms with van der Waals surface area (Å²) in [5.41, 5.74) is 0. The molecule has 1 unspecified atom stereocenters. The zero-order valence-corrected chi connectivity index (χ0v) is 10.8. The minimum absolute atomic E-state index is 0.157. The van der Waals surface area contributed by atoms with E-state index < -0.39 is 0 Å². The molecule has 1 aliphatic rings. The molecule has 0 amide bonds. The number of ether oxygens (including phenoxy) is 1. The van der Waals surface area contributed by atoms with E-state index >= 15 is 0 Å². The van der Waals surface area contributed by atoms with Crippen molar-refractivity contribution in [2.45, 2.75) is 64.5 Å². The number of rotatable bonds is 5. The molecule has 0 radical (unpaired) electrons. The maximum absolute atomic E-state index is 11.3. The summed E-state index contributed by atoms with van der Waals surface area (Å²) in [5, 5.41) is 3.36. The molecule has 0 heterocycles. The van der Waals surface area contributed by atoms with E-state index in [2.05, 4.69) is 12.2 Å². The lowest BCUT2D eigenvalue weighted by atomic mass is 9.83. The zero-order valence-electron chi connectivity index (χ0n) is 10.8. The van der Waals surface area contributed by atoms with Crippen LogP contribution in [0.2, 0.25) is 0 Å². The highest BCUT2D eigenvalue weighted by atomic mass is 16.5. The van der Waals surface area contributed by atoms with Crippen LogP contribution >= 0.6 is 0 Å². The van der Waals surface area contributed by atoms with Crippen LogP contribution in [-0.4, -0.2) is 25.2 Å². The van der Waals surface area contributed by atoms with E-state index in [4.69, 9.17) is 4.74 Å². The van der Waals surface area contributed by atoms with Gasteiger partial charge in [-0.15, -0.1) is 0 Å². The van der Waals surface area contributed by atoms with Gasteiger partial charge in [-0.1, -0.05) is 19.8 Å². The second kappa shape index (κ2) is 6.89. The zero-order chi connectivity index (χ0) is 12.0. The Balaban J connectivity index is 2.24. The number of carbonyl (C=O) groups excluding carboxylic acids is 1. The van der Waals surface area contributed by atoms with Gasteiger partial charge in [-0.05, 0) is 38.5 Å². The molecule has 1 atom stereocenters.